The predicted octanol–water partition coefficient (Wildman–Crippen LogP) is 5.31. The van der Waals surface area contributed by atoms with Gasteiger partial charge in [-0.1, -0.05) is 131 Å². The molecule has 0 saturated carbocycles. The molecule has 0 nitrogen and oxygen atoms in total. The quantitative estimate of drug-likeness (QED) is 0.187. The fourth-order valence-corrected chi connectivity index (χ4v) is 6.06. The van der Waals surface area contributed by atoms with E-state index < -0.39 is 0 Å². The van der Waals surface area contributed by atoms with Crippen LogP contribution < -0.4 is 24.8 Å². The Bertz CT molecular complexity index is 1400. The van der Waals surface area contributed by atoms with Crippen molar-refractivity contribution in [2.75, 3.05) is 0 Å². The van der Waals surface area contributed by atoms with Gasteiger partial charge >= 0.3 is 26.2 Å². The molecule has 0 radical (unpaired) electrons. The average molecular weight is 717 g/mol. The Morgan fingerprint density at radius 1 is 0.422 bits per heavy atom. The molecule has 0 fully saturated rings. The van der Waals surface area contributed by atoms with Crippen molar-refractivity contribution in [1.29, 1.82) is 0 Å². The summed E-state index contributed by atoms with van der Waals surface area (Å²) in [5.74, 6) is 0. The van der Waals surface area contributed by atoms with E-state index in [0.717, 1.165) is 12.8 Å². The van der Waals surface area contributed by atoms with Gasteiger partial charge in [0, 0.05) is 0 Å². The van der Waals surface area contributed by atoms with Crippen LogP contribution in [0.15, 0.2) is 60.7 Å². The Labute approximate surface area is 306 Å². The molecule has 6 rings (SSSR count). The van der Waals surface area contributed by atoms with Crippen LogP contribution >= 0.6 is 0 Å². The van der Waals surface area contributed by atoms with Crippen molar-refractivity contribution < 1.29 is 51.0 Å². The standard InChI is InChI=1S/2C21H25.2ClH.Zr/c2*1-20(2,3)16-7-9-18-14(12-16)11-15-13-17(21(4,5)6)8-10-19(15)18;;;/h2*7-10,12H,11H2,1-6H3;2*1H;/q2*-1;;;+4/p-2. The predicted molar refractivity (Wildman–Crippen MR) is 182 cm³/mol. The molecule has 4 aromatic carbocycles. The van der Waals surface area contributed by atoms with E-state index >= 15 is 0 Å². The van der Waals surface area contributed by atoms with Crippen LogP contribution in [0.5, 0.6) is 0 Å². The number of benzene rings is 4. The van der Waals surface area contributed by atoms with Crippen LogP contribution in [0.1, 0.15) is 128 Å². The van der Waals surface area contributed by atoms with Gasteiger partial charge in [0.2, 0.25) is 0 Å². The van der Waals surface area contributed by atoms with Gasteiger partial charge in [-0.05, 0) is 56.8 Å². The molecule has 2 aliphatic carbocycles. The van der Waals surface area contributed by atoms with Crippen LogP contribution in [-0.2, 0) is 60.7 Å². The summed E-state index contributed by atoms with van der Waals surface area (Å²) < 4.78 is 0. The Morgan fingerprint density at radius 3 is 1.02 bits per heavy atom. The molecule has 3 heteroatoms. The summed E-state index contributed by atoms with van der Waals surface area (Å²) in [6.07, 6.45) is 2.05. The van der Waals surface area contributed by atoms with Gasteiger partial charge in [-0.2, -0.15) is 47.5 Å². The van der Waals surface area contributed by atoms with Crippen molar-refractivity contribution in [3.05, 3.63) is 117 Å². The normalized spacial score (nSPS) is 13.1. The van der Waals surface area contributed by atoms with Gasteiger partial charge in [-0.3, -0.25) is 0 Å². The van der Waals surface area contributed by atoms with Crippen LogP contribution in [0.3, 0.4) is 0 Å². The molecule has 236 valence electrons. The van der Waals surface area contributed by atoms with Crippen molar-refractivity contribution in [1.82, 2.24) is 0 Å². The van der Waals surface area contributed by atoms with E-state index in [4.69, 9.17) is 0 Å². The smallest absolute Gasteiger partial charge is 1.00 e. The summed E-state index contributed by atoms with van der Waals surface area (Å²) in [5, 5.41) is 0. The maximum absolute atomic E-state index is 3.67. The van der Waals surface area contributed by atoms with Crippen LogP contribution in [0.2, 0.25) is 0 Å². The molecule has 0 unspecified atom stereocenters. The molecular weight excluding hydrogens is 667 g/mol. The molecule has 2 aliphatic rings. The molecule has 0 spiro atoms. The zero-order valence-corrected chi connectivity index (χ0v) is 33.4. The van der Waals surface area contributed by atoms with E-state index in [1.165, 1.54) is 66.8 Å². The number of hydrogen-bond donors (Lipinski definition) is 0. The minimum atomic E-state index is 0. The molecule has 0 aromatic heterocycles. The minimum Gasteiger partial charge on any atom is -1.00 e. The summed E-state index contributed by atoms with van der Waals surface area (Å²) in [7, 11) is 0. The number of rotatable bonds is 0. The second kappa shape index (κ2) is 13.8. The first-order valence-corrected chi connectivity index (χ1v) is 15.7. The molecule has 45 heavy (non-hydrogen) atoms. The second-order valence-electron chi connectivity index (χ2n) is 16.6. The van der Waals surface area contributed by atoms with Gasteiger partial charge in [0.1, 0.15) is 0 Å². The Balaban J connectivity index is 0.000000294. The van der Waals surface area contributed by atoms with E-state index in [0.29, 0.717) is 0 Å². The molecule has 4 aromatic rings. The summed E-state index contributed by atoms with van der Waals surface area (Å²) in [6, 6.07) is 30.3. The fraction of sp³-hybridized carbons (Fsp3) is 0.429. The molecule has 0 aliphatic heterocycles. The van der Waals surface area contributed by atoms with Crippen LogP contribution in [0, 0.1) is 12.1 Å². The molecule has 0 saturated heterocycles. The molecule has 0 heterocycles. The van der Waals surface area contributed by atoms with Crippen molar-refractivity contribution in [3.63, 3.8) is 0 Å². The minimum absolute atomic E-state index is 0. The van der Waals surface area contributed by atoms with Gasteiger partial charge in [-0.15, -0.1) is 22.3 Å². The monoisotopic (exact) mass is 714 g/mol. The van der Waals surface area contributed by atoms with Crippen LogP contribution in [0.25, 0.3) is 22.3 Å². The van der Waals surface area contributed by atoms with E-state index in [1.54, 1.807) is 0 Å². The average Bonchev–Trinajstić information content (AvgIpc) is 3.43. The maximum Gasteiger partial charge on any atom is 4.00 e. The molecule has 0 amide bonds. The van der Waals surface area contributed by atoms with Crippen LogP contribution in [0.4, 0.5) is 0 Å². The van der Waals surface area contributed by atoms with E-state index in [-0.39, 0.29) is 72.7 Å². The Kier molecular flexibility index (Phi) is 12.1. The zero-order chi connectivity index (χ0) is 30.8. The third-order valence-electron chi connectivity index (χ3n) is 8.93. The Hall–Kier alpha value is -1.66. The third-order valence-corrected chi connectivity index (χ3v) is 8.93. The third kappa shape index (κ3) is 8.44. The maximum atomic E-state index is 3.67. The molecule has 0 bridgehead atoms. The van der Waals surface area contributed by atoms with E-state index in [2.05, 4.69) is 156 Å². The van der Waals surface area contributed by atoms with Crippen LogP contribution in [-0.4, -0.2) is 0 Å². The first-order chi connectivity index (χ1) is 19.3. The van der Waals surface area contributed by atoms with Gasteiger partial charge in [0.05, 0.1) is 0 Å². The summed E-state index contributed by atoms with van der Waals surface area (Å²) >= 11 is 0. The van der Waals surface area contributed by atoms with Gasteiger partial charge in [0.15, 0.2) is 0 Å². The van der Waals surface area contributed by atoms with Crippen molar-refractivity contribution in [2.24, 2.45) is 0 Å². The van der Waals surface area contributed by atoms with Crippen molar-refractivity contribution >= 4 is 0 Å². The molecule has 0 N–H and O–H groups in total. The molecular formula is C42H50Cl2Zr. The Morgan fingerprint density at radius 2 is 0.733 bits per heavy atom. The fourth-order valence-electron chi connectivity index (χ4n) is 6.06. The number of fused-ring (bicyclic) bond motifs is 6. The van der Waals surface area contributed by atoms with Gasteiger partial charge in [0.25, 0.3) is 0 Å². The van der Waals surface area contributed by atoms with Crippen molar-refractivity contribution in [3.8, 4) is 22.3 Å². The summed E-state index contributed by atoms with van der Waals surface area (Å²) in [5.41, 5.74) is 17.4. The first-order valence-electron chi connectivity index (χ1n) is 15.7. The molecule has 0 atom stereocenters. The number of halogens is 2. The summed E-state index contributed by atoms with van der Waals surface area (Å²) in [4.78, 5) is 0. The van der Waals surface area contributed by atoms with Crippen molar-refractivity contribution in [2.45, 2.75) is 118 Å². The van der Waals surface area contributed by atoms with Gasteiger partial charge in [-0.25, -0.2) is 0 Å². The second-order valence-corrected chi connectivity index (χ2v) is 16.6. The SMILES string of the molecule is CC(C)(C)c1[c-]c2c(cc1)-c1ccc(C(C)(C)C)cc1C2.CC(C)(C)c1[c-]c2c(cc1)-c1ccc(C(C)(C)C)cc1C2.[Cl-].[Cl-].[Zr+4]. The van der Waals surface area contributed by atoms with E-state index in [1.807, 2.05) is 0 Å². The van der Waals surface area contributed by atoms with Gasteiger partial charge < -0.3 is 24.8 Å². The largest absolute Gasteiger partial charge is 4.00 e. The number of hydrogen-bond acceptors (Lipinski definition) is 0. The summed E-state index contributed by atoms with van der Waals surface area (Å²) in [6.45, 7) is 27.2. The first kappa shape index (κ1) is 39.5. The van der Waals surface area contributed by atoms with E-state index in [9.17, 15) is 0 Å². The topological polar surface area (TPSA) is 0 Å². The zero-order valence-electron chi connectivity index (χ0n) is 29.4.